The number of nitrogens with zero attached hydrogens (tertiary/aromatic N) is 2. The molecule has 0 N–H and O–H groups in total. The monoisotopic (exact) mass is 424 g/mol. The van der Waals surface area contributed by atoms with Gasteiger partial charge in [-0.05, 0) is 34.1 Å². The van der Waals surface area contributed by atoms with Gasteiger partial charge in [-0.15, -0.1) is 0 Å². The molecule has 0 atom stereocenters. The standard InChI is InChI=1S/C17H11BrF2N2O4/c1-25-16(23)10-5-3-4-6-22(14(10)17(24)26-2)15-11(19)7-9(8-21)13(20)12(15)18/h3-7H,1-2H3. The van der Waals surface area contributed by atoms with Crippen LogP contribution in [0.25, 0.3) is 0 Å². The van der Waals surface area contributed by atoms with Crippen molar-refractivity contribution in [2.45, 2.75) is 0 Å². The van der Waals surface area contributed by atoms with E-state index in [4.69, 9.17) is 5.26 Å². The van der Waals surface area contributed by atoms with E-state index in [9.17, 15) is 18.4 Å². The number of esters is 2. The van der Waals surface area contributed by atoms with E-state index in [0.717, 1.165) is 19.1 Å². The first-order valence-corrected chi connectivity index (χ1v) is 7.79. The maximum atomic E-state index is 14.6. The largest absolute Gasteiger partial charge is 0.465 e. The van der Waals surface area contributed by atoms with Crippen molar-refractivity contribution in [1.29, 1.82) is 5.26 Å². The molecule has 1 aliphatic rings. The smallest absolute Gasteiger partial charge is 0.355 e. The number of benzene rings is 1. The third-order valence-electron chi connectivity index (χ3n) is 3.38. The Morgan fingerprint density at radius 1 is 1.19 bits per heavy atom. The van der Waals surface area contributed by atoms with Crippen molar-refractivity contribution in [2.24, 2.45) is 0 Å². The van der Waals surface area contributed by atoms with Crippen LogP contribution in [-0.2, 0) is 19.1 Å². The fraction of sp³-hybridized carbons (Fsp3) is 0.118. The Hall–Kier alpha value is -2.99. The minimum atomic E-state index is -1.02. The molecule has 0 saturated heterocycles. The lowest BCUT2D eigenvalue weighted by atomic mass is 10.1. The van der Waals surface area contributed by atoms with E-state index in [0.29, 0.717) is 6.07 Å². The summed E-state index contributed by atoms with van der Waals surface area (Å²) in [4.78, 5) is 25.3. The van der Waals surface area contributed by atoms with Crippen molar-refractivity contribution in [1.82, 2.24) is 0 Å². The van der Waals surface area contributed by atoms with Gasteiger partial charge in [0.2, 0.25) is 0 Å². The first-order valence-electron chi connectivity index (χ1n) is 6.99. The Kier molecular flexibility index (Phi) is 5.90. The number of methoxy groups -OCH3 is 2. The van der Waals surface area contributed by atoms with Crippen LogP contribution in [0, 0.1) is 23.0 Å². The van der Waals surface area contributed by atoms with Crippen molar-refractivity contribution in [3.8, 4) is 6.07 Å². The summed E-state index contributed by atoms with van der Waals surface area (Å²) in [6.45, 7) is 0. The van der Waals surface area contributed by atoms with E-state index in [-0.39, 0.29) is 11.3 Å². The first kappa shape index (κ1) is 19.3. The quantitative estimate of drug-likeness (QED) is 0.547. The Bertz CT molecular complexity index is 916. The lowest BCUT2D eigenvalue weighted by molar-refractivity contribution is -0.139. The molecular weight excluding hydrogens is 414 g/mol. The average molecular weight is 425 g/mol. The van der Waals surface area contributed by atoms with Crippen LogP contribution < -0.4 is 4.90 Å². The van der Waals surface area contributed by atoms with Gasteiger partial charge in [0.15, 0.2) is 5.82 Å². The van der Waals surface area contributed by atoms with Crippen molar-refractivity contribution in [3.05, 3.63) is 63.4 Å². The number of allylic oxidation sites excluding steroid dienone is 2. The summed E-state index contributed by atoms with van der Waals surface area (Å²) < 4.78 is 37.8. The van der Waals surface area contributed by atoms with Crippen LogP contribution in [0.5, 0.6) is 0 Å². The zero-order chi connectivity index (χ0) is 19.4. The molecule has 0 fully saturated rings. The lowest BCUT2D eigenvalue weighted by Crippen LogP contribution is -2.28. The lowest BCUT2D eigenvalue weighted by Gasteiger charge is -2.24. The van der Waals surface area contributed by atoms with Crippen molar-refractivity contribution >= 4 is 33.6 Å². The van der Waals surface area contributed by atoms with Gasteiger partial charge in [0.1, 0.15) is 17.6 Å². The van der Waals surface area contributed by atoms with E-state index in [2.05, 4.69) is 25.4 Å². The van der Waals surface area contributed by atoms with Gasteiger partial charge < -0.3 is 14.4 Å². The van der Waals surface area contributed by atoms with Gasteiger partial charge in [-0.1, -0.05) is 6.08 Å². The van der Waals surface area contributed by atoms with Crippen LogP contribution in [0.2, 0.25) is 0 Å². The van der Waals surface area contributed by atoms with Crippen LogP contribution in [0.1, 0.15) is 5.56 Å². The van der Waals surface area contributed by atoms with Gasteiger partial charge in [0.05, 0.1) is 35.5 Å². The van der Waals surface area contributed by atoms with Crippen molar-refractivity contribution < 1.29 is 27.8 Å². The number of anilines is 1. The average Bonchev–Trinajstić information content (AvgIpc) is 2.86. The zero-order valence-corrected chi connectivity index (χ0v) is 15.1. The molecule has 2 rings (SSSR count). The molecule has 0 spiro atoms. The molecule has 0 amide bonds. The van der Waals surface area contributed by atoms with Gasteiger partial charge in [0, 0.05) is 6.20 Å². The highest BCUT2D eigenvalue weighted by molar-refractivity contribution is 9.10. The number of carbonyl (C=O) groups excluding carboxylic acids is 2. The summed E-state index contributed by atoms with van der Waals surface area (Å²) >= 11 is 2.90. The highest BCUT2D eigenvalue weighted by atomic mass is 79.9. The SMILES string of the molecule is COC(=O)C1=C(C(=O)OC)N(c2c(F)cc(C#N)c(F)c2Br)C=CC=C1. The fourth-order valence-electron chi connectivity index (χ4n) is 2.22. The van der Waals surface area contributed by atoms with E-state index >= 15 is 0 Å². The third-order valence-corrected chi connectivity index (χ3v) is 4.11. The van der Waals surface area contributed by atoms with E-state index in [1.54, 1.807) is 0 Å². The third kappa shape index (κ3) is 3.36. The summed E-state index contributed by atoms with van der Waals surface area (Å²) in [6, 6.07) is 2.22. The second-order valence-electron chi connectivity index (χ2n) is 4.81. The Morgan fingerprint density at radius 2 is 1.85 bits per heavy atom. The molecule has 0 saturated carbocycles. The summed E-state index contributed by atoms with van der Waals surface area (Å²) in [6.07, 6.45) is 5.34. The molecule has 1 aliphatic heterocycles. The van der Waals surface area contributed by atoms with E-state index in [1.807, 2.05) is 0 Å². The molecule has 6 nitrogen and oxygen atoms in total. The zero-order valence-electron chi connectivity index (χ0n) is 13.5. The summed E-state index contributed by atoms with van der Waals surface area (Å²) in [5.74, 6) is -3.86. The van der Waals surface area contributed by atoms with Crippen molar-refractivity contribution in [2.75, 3.05) is 19.1 Å². The normalized spacial score (nSPS) is 13.3. The van der Waals surface area contributed by atoms with Crippen LogP contribution in [0.15, 0.2) is 46.2 Å². The number of hydrogen-bond donors (Lipinski definition) is 0. The van der Waals surface area contributed by atoms with E-state index in [1.165, 1.54) is 30.5 Å². The number of carbonyl (C=O) groups is 2. The van der Waals surface area contributed by atoms with Gasteiger partial charge in [-0.3, -0.25) is 0 Å². The summed E-state index contributed by atoms with van der Waals surface area (Å²) in [5, 5.41) is 8.88. The fourth-order valence-corrected chi connectivity index (χ4v) is 2.82. The summed E-state index contributed by atoms with van der Waals surface area (Å²) in [7, 11) is 2.18. The number of rotatable bonds is 3. The molecule has 9 heteroatoms. The van der Waals surface area contributed by atoms with Crippen LogP contribution in [0.4, 0.5) is 14.5 Å². The van der Waals surface area contributed by atoms with Gasteiger partial charge >= 0.3 is 11.9 Å². The molecule has 0 bridgehead atoms. The first-order chi connectivity index (χ1) is 12.4. The predicted octanol–water partition coefficient (Wildman–Crippen LogP) is 3.09. The van der Waals surface area contributed by atoms with Crippen LogP contribution in [0.3, 0.4) is 0 Å². The van der Waals surface area contributed by atoms with Gasteiger partial charge in [0.25, 0.3) is 0 Å². The highest BCUT2D eigenvalue weighted by Crippen LogP contribution is 2.37. The van der Waals surface area contributed by atoms with E-state index < -0.39 is 39.3 Å². The summed E-state index contributed by atoms with van der Waals surface area (Å²) in [5.41, 5.74) is -1.54. The predicted molar refractivity (Wildman–Crippen MR) is 90.6 cm³/mol. The number of hydrogen-bond acceptors (Lipinski definition) is 6. The molecule has 26 heavy (non-hydrogen) atoms. The number of halogens is 3. The van der Waals surface area contributed by atoms with Crippen LogP contribution >= 0.6 is 15.9 Å². The molecule has 0 aliphatic carbocycles. The van der Waals surface area contributed by atoms with Gasteiger partial charge in [-0.25, -0.2) is 18.4 Å². The molecule has 0 radical (unpaired) electrons. The second-order valence-corrected chi connectivity index (χ2v) is 5.60. The molecule has 134 valence electrons. The minimum Gasteiger partial charge on any atom is -0.465 e. The highest BCUT2D eigenvalue weighted by Gasteiger charge is 2.31. The minimum absolute atomic E-state index is 0.222. The Morgan fingerprint density at radius 3 is 2.42 bits per heavy atom. The number of nitriles is 1. The molecule has 1 aromatic carbocycles. The van der Waals surface area contributed by atoms with Crippen molar-refractivity contribution in [3.63, 3.8) is 0 Å². The molecular formula is C17H11BrF2N2O4. The topological polar surface area (TPSA) is 79.6 Å². The maximum absolute atomic E-state index is 14.6. The Balaban J connectivity index is 2.83. The van der Waals surface area contributed by atoms with Crippen LogP contribution in [-0.4, -0.2) is 26.2 Å². The Labute approximate surface area is 155 Å². The maximum Gasteiger partial charge on any atom is 0.355 e. The number of ether oxygens (including phenoxy) is 2. The second kappa shape index (κ2) is 7.93. The molecule has 0 aromatic heterocycles. The molecule has 0 unspecified atom stereocenters. The van der Waals surface area contributed by atoms with Gasteiger partial charge in [-0.2, -0.15) is 5.26 Å². The molecule has 1 heterocycles. The molecule has 1 aromatic rings.